The minimum atomic E-state index is -0.0874. The van der Waals surface area contributed by atoms with Crippen molar-refractivity contribution in [2.75, 3.05) is 6.54 Å². The van der Waals surface area contributed by atoms with E-state index in [0.717, 1.165) is 38.0 Å². The molecule has 128 valence electrons. The zero-order valence-electron chi connectivity index (χ0n) is 14.5. The van der Waals surface area contributed by atoms with E-state index in [9.17, 15) is 4.79 Å². The molecule has 1 aliphatic rings. The van der Waals surface area contributed by atoms with Gasteiger partial charge in [0.25, 0.3) is 0 Å². The summed E-state index contributed by atoms with van der Waals surface area (Å²) in [5, 5.41) is 7.40. The highest BCUT2D eigenvalue weighted by atomic mass is 16.2. The van der Waals surface area contributed by atoms with Crippen molar-refractivity contribution in [2.45, 2.75) is 52.4 Å². The van der Waals surface area contributed by atoms with Gasteiger partial charge in [-0.1, -0.05) is 38.1 Å². The lowest BCUT2D eigenvalue weighted by Gasteiger charge is -2.35. The van der Waals surface area contributed by atoms with Crippen LogP contribution in [0.1, 0.15) is 37.0 Å². The van der Waals surface area contributed by atoms with Crippen molar-refractivity contribution in [2.24, 2.45) is 0 Å². The van der Waals surface area contributed by atoms with Gasteiger partial charge in [-0.05, 0) is 30.5 Å². The number of hydrogen-bond donors (Lipinski definition) is 1. The summed E-state index contributed by atoms with van der Waals surface area (Å²) in [6.45, 7) is 7.42. The molecule has 24 heavy (non-hydrogen) atoms. The summed E-state index contributed by atoms with van der Waals surface area (Å²) in [7, 11) is 0. The van der Waals surface area contributed by atoms with Crippen molar-refractivity contribution >= 4 is 5.91 Å². The molecule has 5 heteroatoms. The Kier molecular flexibility index (Phi) is 5.30. The summed E-state index contributed by atoms with van der Waals surface area (Å²) in [4.78, 5) is 15.0. The molecule has 0 radical (unpaired) electrons. The van der Waals surface area contributed by atoms with E-state index in [1.807, 2.05) is 17.1 Å². The van der Waals surface area contributed by atoms with E-state index in [0.29, 0.717) is 6.54 Å². The van der Waals surface area contributed by atoms with Gasteiger partial charge in [0, 0.05) is 31.4 Å². The second-order valence-corrected chi connectivity index (χ2v) is 6.38. The highest BCUT2D eigenvalue weighted by Crippen LogP contribution is 2.23. The number of amides is 1. The Bertz CT molecular complexity index is 694. The predicted molar refractivity (Wildman–Crippen MR) is 94.4 cm³/mol. The van der Waals surface area contributed by atoms with Crippen LogP contribution in [0.5, 0.6) is 0 Å². The van der Waals surface area contributed by atoms with Crippen molar-refractivity contribution in [3.8, 4) is 0 Å². The SMILES string of the molecule is CCCn1cc(CNC(=O)C2Cc3ccccc3CN2CC)cn1. The van der Waals surface area contributed by atoms with E-state index >= 15 is 0 Å². The third-order valence-electron chi connectivity index (χ3n) is 4.66. The van der Waals surface area contributed by atoms with Gasteiger partial charge in [0.2, 0.25) is 5.91 Å². The van der Waals surface area contributed by atoms with Gasteiger partial charge in [-0.25, -0.2) is 0 Å². The van der Waals surface area contributed by atoms with Gasteiger partial charge in [0.05, 0.1) is 12.2 Å². The molecule has 0 saturated carbocycles. The number of likely N-dealkylation sites (N-methyl/N-ethyl adjacent to an activating group) is 1. The number of fused-ring (bicyclic) bond motifs is 1. The van der Waals surface area contributed by atoms with Gasteiger partial charge in [-0.3, -0.25) is 14.4 Å². The molecule has 1 atom stereocenters. The van der Waals surface area contributed by atoms with Crippen molar-refractivity contribution < 1.29 is 4.79 Å². The van der Waals surface area contributed by atoms with Gasteiger partial charge in [-0.15, -0.1) is 0 Å². The Balaban J connectivity index is 1.63. The Morgan fingerprint density at radius 2 is 2.08 bits per heavy atom. The van der Waals surface area contributed by atoms with Crippen molar-refractivity contribution in [3.63, 3.8) is 0 Å². The van der Waals surface area contributed by atoms with Gasteiger partial charge < -0.3 is 5.32 Å². The molecule has 1 aromatic heterocycles. The van der Waals surface area contributed by atoms with Gasteiger partial charge in [-0.2, -0.15) is 5.10 Å². The third kappa shape index (κ3) is 3.67. The second kappa shape index (κ2) is 7.62. The molecule has 5 nitrogen and oxygen atoms in total. The molecule has 1 unspecified atom stereocenters. The molecular formula is C19H26N4O. The molecule has 1 aliphatic heterocycles. The Morgan fingerprint density at radius 3 is 2.83 bits per heavy atom. The second-order valence-electron chi connectivity index (χ2n) is 6.38. The van der Waals surface area contributed by atoms with E-state index in [4.69, 9.17) is 0 Å². The standard InChI is InChI=1S/C19H26N4O/c1-3-9-23-13-15(12-21-23)11-20-19(24)18-10-16-7-5-6-8-17(16)14-22(18)4-2/h5-8,12-13,18H,3-4,9-11,14H2,1-2H3,(H,20,24). The van der Waals surface area contributed by atoms with Crippen LogP contribution in [0.15, 0.2) is 36.7 Å². The maximum atomic E-state index is 12.7. The number of aromatic nitrogens is 2. The lowest BCUT2D eigenvalue weighted by Crippen LogP contribution is -2.49. The monoisotopic (exact) mass is 326 g/mol. The van der Waals surface area contributed by atoms with Crippen LogP contribution < -0.4 is 5.32 Å². The number of nitrogens with one attached hydrogen (secondary N) is 1. The maximum Gasteiger partial charge on any atom is 0.237 e. The number of rotatable bonds is 6. The Hall–Kier alpha value is -2.14. The van der Waals surface area contributed by atoms with Crippen LogP contribution in [0.2, 0.25) is 0 Å². The van der Waals surface area contributed by atoms with E-state index in [2.05, 4.69) is 53.4 Å². The van der Waals surface area contributed by atoms with Crippen LogP contribution in [0.4, 0.5) is 0 Å². The van der Waals surface area contributed by atoms with Gasteiger partial charge in [0.15, 0.2) is 0 Å². The van der Waals surface area contributed by atoms with E-state index in [-0.39, 0.29) is 11.9 Å². The number of carbonyl (C=O) groups excluding carboxylic acids is 1. The van der Waals surface area contributed by atoms with E-state index in [1.165, 1.54) is 11.1 Å². The molecule has 2 heterocycles. The quantitative estimate of drug-likeness (QED) is 0.886. The first-order valence-corrected chi connectivity index (χ1v) is 8.81. The highest BCUT2D eigenvalue weighted by molar-refractivity contribution is 5.82. The number of aryl methyl sites for hydroxylation is 1. The smallest absolute Gasteiger partial charge is 0.237 e. The maximum absolute atomic E-state index is 12.7. The van der Waals surface area contributed by atoms with Crippen LogP contribution >= 0.6 is 0 Å². The molecule has 2 aromatic rings. The molecule has 1 aromatic carbocycles. The van der Waals surface area contributed by atoms with Crippen molar-refractivity contribution in [1.82, 2.24) is 20.0 Å². The highest BCUT2D eigenvalue weighted by Gasteiger charge is 2.30. The molecule has 3 rings (SSSR count). The lowest BCUT2D eigenvalue weighted by atomic mass is 9.93. The van der Waals surface area contributed by atoms with E-state index in [1.54, 1.807) is 0 Å². The minimum Gasteiger partial charge on any atom is -0.351 e. The third-order valence-corrected chi connectivity index (χ3v) is 4.66. The first kappa shape index (κ1) is 16.7. The first-order valence-electron chi connectivity index (χ1n) is 8.81. The molecule has 0 aliphatic carbocycles. The van der Waals surface area contributed by atoms with Crippen LogP contribution in [0.3, 0.4) is 0 Å². The largest absolute Gasteiger partial charge is 0.351 e. The molecule has 1 N–H and O–H groups in total. The molecule has 0 fully saturated rings. The number of nitrogens with zero attached hydrogens (tertiary/aromatic N) is 3. The van der Waals surface area contributed by atoms with Crippen molar-refractivity contribution in [1.29, 1.82) is 0 Å². The average molecular weight is 326 g/mol. The predicted octanol–water partition coefficient (Wildman–Crippen LogP) is 2.36. The zero-order chi connectivity index (χ0) is 16.9. The van der Waals surface area contributed by atoms with Crippen LogP contribution in [0, 0.1) is 0 Å². The average Bonchev–Trinajstić information content (AvgIpc) is 3.06. The molecule has 0 spiro atoms. The normalized spacial score (nSPS) is 17.5. The summed E-state index contributed by atoms with van der Waals surface area (Å²) in [5.74, 6) is 0.106. The fourth-order valence-corrected chi connectivity index (χ4v) is 3.32. The lowest BCUT2D eigenvalue weighted by molar-refractivity contribution is -0.127. The number of benzene rings is 1. The molecule has 1 amide bonds. The van der Waals surface area contributed by atoms with Crippen LogP contribution in [-0.2, 0) is 30.8 Å². The number of hydrogen-bond acceptors (Lipinski definition) is 3. The van der Waals surface area contributed by atoms with E-state index < -0.39 is 0 Å². The Labute approximate surface area is 143 Å². The van der Waals surface area contributed by atoms with Crippen LogP contribution in [-0.4, -0.2) is 33.2 Å². The summed E-state index contributed by atoms with van der Waals surface area (Å²) < 4.78 is 1.93. The molecular weight excluding hydrogens is 300 g/mol. The minimum absolute atomic E-state index is 0.0874. The van der Waals surface area contributed by atoms with Crippen molar-refractivity contribution in [3.05, 3.63) is 53.3 Å². The zero-order valence-corrected chi connectivity index (χ0v) is 14.5. The summed E-state index contributed by atoms with van der Waals surface area (Å²) in [6.07, 6.45) is 5.69. The fraction of sp³-hybridized carbons (Fsp3) is 0.474. The Morgan fingerprint density at radius 1 is 1.29 bits per heavy atom. The molecule has 0 bridgehead atoms. The topological polar surface area (TPSA) is 50.2 Å². The number of carbonyl (C=O) groups is 1. The molecule has 0 saturated heterocycles. The van der Waals surface area contributed by atoms with Gasteiger partial charge >= 0.3 is 0 Å². The summed E-state index contributed by atoms with van der Waals surface area (Å²) in [5.41, 5.74) is 3.68. The summed E-state index contributed by atoms with van der Waals surface area (Å²) >= 11 is 0. The summed E-state index contributed by atoms with van der Waals surface area (Å²) in [6, 6.07) is 8.33. The first-order chi connectivity index (χ1) is 11.7. The van der Waals surface area contributed by atoms with Crippen LogP contribution in [0.25, 0.3) is 0 Å². The van der Waals surface area contributed by atoms with Gasteiger partial charge in [0.1, 0.15) is 0 Å². The fourth-order valence-electron chi connectivity index (χ4n) is 3.32.